The van der Waals surface area contributed by atoms with E-state index in [0.717, 1.165) is 62.8 Å². The second kappa shape index (κ2) is 7.22. The fraction of sp³-hybridized carbons (Fsp3) is 0.846. The minimum absolute atomic E-state index is 0.245. The summed E-state index contributed by atoms with van der Waals surface area (Å²) in [6, 6.07) is 0. The third-order valence-electron chi connectivity index (χ3n) is 3.87. The van der Waals surface area contributed by atoms with Crippen molar-refractivity contribution in [3.05, 3.63) is 0 Å². The molecule has 0 unspecified atom stereocenters. The van der Waals surface area contributed by atoms with Gasteiger partial charge in [-0.2, -0.15) is 0 Å². The molecular formula is C13H21N5O2S. The Hall–Kier alpha value is -1.15. The zero-order chi connectivity index (χ0) is 14.5. The fourth-order valence-electron chi connectivity index (χ4n) is 2.75. The summed E-state index contributed by atoms with van der Waals surface area (Å²) < 4.78 is 7.45. The normalized spacial score (nSPS) is 22.4. The van der Waals surface area contributed by atoms with E-state index < -0.39 is 0 Å². The molecule has 2 saturated heterocycles. The molecule has 1 aromatic rings. The van der Waals surface area contributed by atoms with Crippen molar-refractivity contribution in [2.24, 2.45) is 0 Å². The average Bonchev–Trinajstić information content (AvgIpc) is 3.20. The summed E-state index contributed by atoms with van der Waals surface area (Å²) in [5.41, 5.74) is 0. The molecule has 0 aliphatic carbocycles. The molecule has 3 rings (SSSR count). The highest BCUT2D eigenvalue weighted by molar-refractivity contribution is 7.99. The van der Waals surface area contributed by atoms with Crippen LogP contribution in [0.1, 0.15) is 32.1 Å². The van der Waals surface area contributed by atoms with Crippen molar-refractivity contribution in [1.29, 1.82) is 0 Å². The minimum atomic E-state index is 0.245. The first-order chi connectivity index (χ1) is 10.3. The van der Waals surface area contributed by atoms with Crippen LogP contribution in [0.4, 0.5) is 0 Å². The molecule has 8 heteroatoms. The van der Waals surface area contributed by atoms with Gasteiger partial charge in [-0.25, -0.2) is 4.68 Å². The van der Waals surface area contributed by atoms with Gasteiger partial charge in [-0.15, -0.1) is 5.10 Å². The Morgan fingerprint density at radius 1 is 1.38 bits per heavy atom. The van der Waals surface area contributed by atoms with Crippen molar-refractivity contribution in [1.82, 2.24) is 25.1 Å². The molecule has 1 aromatic heterocycles. The van der Waals surface area contributed by atoms with Crippen molar-refractivity contribution in [3.8, 4) is 0 Å². The van der Waals surface area contributed by atoms with E-state index in [4.69, 9.17) is 4.74 Å². The third-order valence-corrected chi connectivity index (χ3v) is 4.92. The van der Waals surface area contributed by atoms with Crippen LogP contribution in [0, 0.1) is 0 Å². The van der Waals surface area contributed by atoms with E-state index in [0.29, 0.717) is 12.3 Å². The summed E-state index contributed by atoms with van der Waals surface area (Å²) in [6.45, 7) is 3.35. The van der Waals surface area contributed by atoms with Gasteiger partial charge in [0.2, 0.25) is 11.1 Å². The van der Waals surface area contributed by atoms with Crippen LogP contribution in [0.15, 0.2) is 5.16 Å². The molecule has 1 amide bonds. The molecular weight excluding hydrogens is 290 g/mol. The Morgan fingerprint density at radius 3 is 3.10 bits per heavy atom. The van der Waals surface area contributed by atoms with Crippen molar-refractivity contribution in [2.45, 2.75) is 49.9 Å². The van der Waals surface area contributed by atoms with Crippen molar-refractivity contribution in [3.63, 3.8) is 0 Å². The van der Waals surface area contributed by atoms with E-state index in [2.05, 4.69) is 15.5 Å². The molecule has 21 heavy (non-hydrogen) atoms. The number of aromatic nitrogens is 4. The smallest absolute Gasteiger partial charge is 0.222 e. The Bertz CT molecular complexity index is 475. The van der Waals surface area contributed by atoms with Gasteiger partial charge in [-0.1, -0.05) is 11.8 Å². The van der Waals surface area contributed by atoms with Crippen molar-refractivity contribution >= 4 is 17.7 Å². The number of hydrogen-bond acceptors (Lipinski definition) is 6. The maximum Gasteiger partial charge on any atom is 0.222 e. The molecule has 2 fully saturated rings. The Balaban J connectivity index is 1.40. The lowest BCUT2D eigenvalue weighted by Gasteiger charge is -2.14. The number of nitrogens with zero attached hydrogens (tertiary/aromatic N) is 5. The molecule has 0 aromatic carbocycles. The molecule has 7 nitrogen and oxygen atoms in total. The lowest BCUT2D eigenvalue weighted by molar-refractivity contribution is -0.127. The number of hydrogen-bond donors (Lipinski definition) is 0. The zero-order valence-corrected chi connectivity index (χ0v) is 12.9. The lowest BCUT2D eigenvalue weighted by Crippen LogP contribution is -2.26. The van der Waals surface area contributed by atoms with Crippen LogP contribution in [-0.2, 0) is 16.1 Å². The Morgan fingerprint density at radius 2 is 2.33 bits per heavy atom. The van der Waals surface area contributed by atoms with Crippen LogP contribution in [-0.4, -0.2) is 62.6 Å². The summed E-state index contributed by atoms with van der Waals surface area (Å²) in [5.74, 6) is 1.22. The number of amides is 1. The van der Waals surface area contributed by atoms with Crippen LogP contribution in [0.25, 0.3) is 0 Å². The van der Waals surface area contributed by atoms with Gasteiger partial charge >= 0.3 is 0 Å². The Labute approximate surface area is 128 Å². The van der Waals surface area contributed by atoms with Gasteiger partial charge in [0.15, 0.2) is 0 Å². The first-order valence-corrected chi connectivity index (χ1v) is 8.60. The second-order valence-electron chi connectivity index (χ2n) is 5.46. The fourth-order valence-corrected chi connectivity index (χ4v) is 3.57. The predicted octanol–water partition coefficient (Wildman–Crippen LogP) is 0.957. The van der Waals surface area contributed by atoms with Crippen molar-refractivity contribution < 1.29 is 9.53 Å². The highest BCUT2D eigenvalue weighted by atomic mass is 32.2. The molecule has 0 bridgehead atoms. The predicted molar refractivity (Wildman–Crippen MR) is 77.9 cm³/mol. The topological polar surface area (TPSA) is 73.1 Å². The van der Waals surface area contributed by atoms with Crippen LogP contribution in [0.3, 0.4) is 0 Å². The van der Waals surface area contributed by atoms with E-state index >= 15 is 0 Å². The molecule has 116 valence electrons. The minimum Gasteiger partial charge on any atom is -0.376 e. The number of ether oxygens (including phenoxy) is 1. The average molecular weight is 311 g/mol. The first-order valence-electron chi connectivity index (χ1n) is 7.61. The number of thioether (sulfide) groups is 1. The first kappa shape index (κ1) is 14.8. The molecule has 2 aliphatic rings. The zero-order valence-electron chi connectivity index (χ0n) is 12.1. The Kier molecular flexibility index (Phi) is 5.08. The van der Waals surface area contributed by atoms with Crippen molar-refractivity contribution in [2.75, 3.05) is 25.4 Å². The van der Waals surface area contributed by atoms with Gasteiger partial charge in [0.25, 0.3) is 0 Å². The molecule has 0 spiro atoms. The summed E-state index contributed by atoms with van der Waals surface area (Å²) in [4.78, 5) is 13.5. The number of carbonyl (C=O) groups is 1. The number of tetrazole rings is 1. The van der Waals surface area contributed by atoms with E-state index in [1.807, 2.05) is 9.58 Å². The van der Waals surface area contributed by atoms with Gasteiger partial charge in [0.05, 0.1) is 12.6 Å². The van der Waals surface area contributed by atoms with Gasteiger partial charge in [-0.3, -0.25) is 4.79 Å². The van der Waals surface area contributed by atoms with E-state index in [-0.39, 0.29) is 6.10 Å². The van der Waals surface area contributed by atoms with Crippen LogP contribution >= 0.6 is 11.8 Å². The maximum absolute atomic E-state index is 11.5. The van der Waals surface area contributed by atoms with Gasteiger partial charge in [0.1, 0.15) is 0 Å². The molecule has 0 saturated carbocycles. The summed E-state index contributed by atoms with van der Waals surface area (Å²) in [6.07, 6.45) is 5.15. The number of likely N-dealkylation sites (tertiary alicyclic amines) is 1. The summed E-state index contributed by atoms with van der Waals surface area (Å²) >= 11 is 1.66. The maximum atomic E-state index is 11.5. The highest BCUT2D eigenvalue weighted by Gasteiger charge is 2.20. The van der Waals surface area contributed by atoms with Gasteiger partial charge in [-0.05, 0) is 36.1 Å². The molecule has 0 radical (unpaired) electrons. The monoisotopic (exact) mass is 311 g/mol. The van der Waals surface area contributed by atoms with Crippen LogP contribution in [0.5, 0.6) is 0 Å². The largest absolute Gasteiger partial charge is 0.376 e. The van der Waals surface area contributed by atoms with E-state index in [9.17, 15) is 4.79 Å². The molecule has 1 atom stereocenters. The standard InChI is InChI=1S/C13H21N5O2S/c19-12-5-1-6-17(12)7-3-9-21-13-14-15-16-18(13)10-11-4-2-8-20-11/h11H,1-10H2/t11-/m0/s1. The van der Waals surface area contributed by atoms with Crippen LogP contribution < -0.4 is 0 Å². The second-order valence-corrected chi connectivity index (χ2v) is 6.53. The molecule has 2 aliphatic heterocycles. The third kappa shape index (κ3) is 3.94. The quantitative estimate of drug-likeness (QED) is 0.551. The number of carbonyl (C=O) groups excluding carboxylic acids is 1. The molecule has 3 heterocycles. The van der Waals surface area contributed by atoms with E-state index in [1.54, 1.807) is 11.8 Å². The van der Waals surface area contributed by atoms with Gasteiger partial charge < -0.3 is 9.64 Å². The number of rotatable bonds is 7. The SMILES string of the molecule is O=C1CCCN1CCCSc1nnnn1C[C@@H]1CCCO1. The highest BCUT2D eigenvalue weighted by Crippen LogP contribution is 2.19. The summed E-state index contributed by atoms with van der Waals surface area (Å²) in [7, 11) is 0. The molecule has 0 N–H and O–H groups in total. The summed E-state index contributed by atoms with van der Waals surface area (Å²) in [5, 5.41) is 12.7. The lowest BCUT2D eigenvalue weighted by atomic mass is 10.2. The van der Waals surface area contributed by atoms with E-state index in [1.165, 1.54) is 0 Å². The van der Waals surface area contributed by atoms with Crippen LogP contribution in [0.2, 0.25) is 0 Å². The van der Waals surface area contributed by atoms with Gasteiger partial charge in [0, 0.05) is 31.9 Å².